The Morgan fingerprint density at radius 2 is 1.48 bits per heavy atom. The van der Waals surface area contributed by atoms with Crippen LogP contribution in [0, 0.1) is 12.1 Å². The monoisotopic (exact) mass is 746 g/mol. The van der Waals surface area contributed by atoms with Crippen molar-refractivity contribution in [1.29, 1.82) is 0 Å². The van der Waals surface area contributed by atoms with Gasteiger partial charge in [0.15, 0.2) is 5.69 Å². The van der Waals surface area contributed by atoms with Crippen LogP contribution in [0.15, 0.2) is 95.9 Å². The maximum atomic E-state index is 13.6. The molecule has 1 aromatic heterocycles. The Bertz CT molecular complexity index is 2310. The van der Waals surface area contributed by atoms with Gasteiger partial charge in [0.25, 0.3) is 0 Å². The number of anilines is 1. The number of aryl methyl sites for hydroxylation is 2. The van der Waals surface area contributed by atoms with Crippen molar-refractivity contribution < 1.29 is 27.7 Å². The molecule has 0 radical (unpaired) electrons. The lowest BCUT2D eigenvalue weighted by atomic mass is 9.90. The fourth-order valence-corrected chi connectivity index (χ4v) is 9.09. The first-order valence-corrected chi connectivity index (χ1v) is 19.8. The molecule has 2 fully saturated rings. The topological polar surface area (TPSA) is 132 Å². The predicted octanol–water partition coefficient (Wildman–Crippen LogP) is 4.24. The van der Waals surface area contributed by atoms with Crippen LogP contribution in [0.25, 0.3) is 11.1 Å². The maximum absolute atomic E-state index is 13.6. The maximum Gasteiger partial charge on any atom is 0.243 e. The van der Waals surface area contributed by atoms with Crippen LogP contribution in [-0.2, 0) is 34.3 Å². The fraction of sp³-hybridized carbons (Fsp3) is 0.317. The lowest BCUT2D eigenvalue weighted by molar-refractivity contribution is -0.749. The van der Waals surface area contributed by atoms with E-state index >= 15 is 0 Å². The second kappa shape index (κ2) is 14.9. The van der Waals surface area contributed by atoms with Crippen LogP contribution in [-0.4, -0.2) is 91.5 Å². The van der Waals surface area contributed by atoms with Crippen molar-refractivity contribution in [2.24, 2.45) is 0 Å². The zero-order chi connectivity index (χ0) is 37.4. The van der Waals surface area contributed by atoms with Gasteiger partial charge in [-0.05, 0) is 66.3 Å². The second-order valence-electron chi connectivity index (χ2n) is 14.1. The number of sulfonamides is 1. The molecule has 8 rings (SSSR count). The molecule has 3 heterocycles. The Kier molecular flexibility index (Phi) is 9.88. The minimum absolute atomic E-state index is 0.0558. The first kappa shape index (κ1) is 35.8. The van der Waals surface area contributed by atoms with E-state index in [4.69, 9.17) is 4.74 Å². The Hall–Kier alpha value is -5.21. The molecular formula is C41H42N6O6S. The fourth-order valence-electron chi connectivity index (χ4n) is 7.63. The van der Waals surface area contributed by atoms with Crippen molar-refractivity contribution >= 4 is 27.3 Å². The van der Waals surface area contributed by atoms with Crippen LogP contribution >= 0.6 is 0 Å². The molecule has 3 aliphatic rings. The quantitative estimate of drug-likeness (QED) is 0.149. The summed E-state index contributed by atoms with van der Waals surface area (Å²) in [4.78, 5) is 31.6. The molecule has 0 unspecified atom stereocenters. The summed E-state index contributed by atoms with van der Waals surface area (Å²) in [7, 11) is -3.63. The molecule has 1 aliphatic carbocycles. The number of nitrogens with zero attached hydrogens (tertiary/aromatic N) is 6. The van der Waals surface area contributed by atoms with Crippen LogP contribution in [0.3, 0.4) is 0 Å². The molecule has 0 N–H and O–H groups in total. The van der Waals surface area contributed by atoms with Crippen LogP contribution in [0.4, 0.5) is 5.69 Å². The van der Waals surface area contributed by atoms with Gasteiger partial charge in [-0.25, -0.2) is 8.42 Å². The van der Waals surface area contributed by atoms with E-state index in [2.05, 4.69) is 70.4 Å². The number of fused-ring (bicyclic) bond motifs is 2. The molecule has 5 aromatic rings. The summed E-state index contributed by atoms with van der Waals surface area (Å²) in [5.74, 6) is -0.764. The van der Waals surface area contributed by atoms with Gasteiger partial charge in [0.05, 0.1) is 24.7 Å². The molecule has 0 spiro atoms. The van der Waals surface area contributed by atoms with Crippen molar-refractivity contribution in [3.05, 3.63) is 135 Å². The number of aromatic nitrogens is 3. The van der Waals surface area contributed by atoms with E-state index in [1.54, 1.807) is 30.3 Å². The average Bonchev–Trinajstić information content (AvgIpc) is 3.54. The third-order valence-corrected chi connectivity index (χ3v) is 12.6. The van der Waals surface area contributed by atoms with E-state index < -0.39 is 15.8 Å². The summed E-state index contributed by atoms with van der Waals surface area (Å²) in [5.41, 5.74) is 7.03. The minimum atomic E-state index is -3.63. The third-order valence-electron chi connectivity index (χ3n) is 10.7. The molecule has 0 saturated carbocycles. The number of hydrogen-bond acceptors (Lipinski definition) is 9. The van der Waals surface area contributed by atoms with Gasteiger partial charge in [-0.1, -0.05) is 72.3 Å². The van der Waals surface area contributed by atoms with Gasteiger partial charge in [0, 0.05) is 72.7 Å². The molecule has 0 atom stereocenters. The standard InChI is InChI=1S/C41H42N6O6S/c1-29-8-12-31(13-9-29)35-17-16-34(54(51,52)45-23-25-53-26-24-45)27-32(35)28-43-19-21-44(22-20-43)33-14-10-30(11-15-33)5-4-18-46-39-38(42-47(46)50)40(48)36-6-2-3-7-37(36)41(39)49/h2-3,6-17,27H,4-5,18-26,28H2,1H3. The molecule has 13 heteroatoms. The molecule has 12 nitrogen and oxygen atoms in total. The number of piperazine rings is 1. The molecule has 278 valence electrons. The summed E-state index contributed by atoms with van der Waals surface area (Å²) in [5, 5.41) is 16.5. The summed E-state index contributed by atoms with van der Waals surface area (Å²) in [6, 6.07) is 28.9. The molecule has 54 heavy (non-hydrogen) atoms. The first-order chi connectivity index (χ1) is 26.2. The van der Waals surface area contributed by atoms with Crippen molar-refractivity contribution in [3.63, 3.8) is 0 Å². The van der Waals surface area contributed by atoms with Gasteiger partial charge in [0.2, 0.25) is 27.3 Å². The molecule has 2 aliphatic heterocycles. The molecule has 4 aromatic carbocycles. The summed E-state index contributed by atoms with van der Waals surface area (Å²) >= 11 is 0. The van der Waals surface area contributed by atoms with Gasteiger partial charge in [-0.15, -0.1) is 4.68 Å². The zero-order valence-corrected chi connectivity index (χ0v) is 31.0. The number of morpholine rings is 1. The highest BCUT2D eigenvalue weighted by atomic mass is 32.2. The van der Waals surface area contributed by atoms with E-state index in [0.717, 1.165) is 54.1 Å². The van der Waals surface area contributed by atoms with Crippen molar-refractivity contribution in [1.82, 2.24) is 19.0 Å². The highest BCUT2D eigenvalue weighted by Crippen LogP contribution is 2.31. The molecule has 0 amide bonds. The molecular weight excluding hydrogens is 705 g/mol. The van der Waals surface area contributed by atoms with Crippen LogP contribution < -0.4 is 9.86 Å². The normalized spacial score (nSPS) is 16.7. The van der Waals surface area contributed by atoms with E-state index in [1.807, 2.05) is 12.1 Å². The van der Waals surface area contributed by atoms with Crippen molar-refractivity contribution in [3.8, 4) is 11.1 Å². The van der Waals surface area contributed by atoms with Crippen LogP contribution in [0.1, 0.15) is 55.2 Å². The third kappa shape index (κ3) is 6.95. The number of rotatable bonds is 10. The summed E-state index contributed by atoms with van der Waals surface area (Å²) in [6.45, 7) is 7.78. The van der Waals surface area contributed by atoms with Crippen LogP contribution in [0.2, 0.25) is 0 Å². The van der Waals surface area contributed by atoms with E-state index in [-0.39, 0.29) is 29.3 Å². The number of carbonyl (C=O) groups is 2. The van der Waals surface area contributed by atoms with Gasteiger partial charge >= 0.3 is 0 Å². The first-order valence-electron chi connectivity index (χ1n) is 18.4. The lowest BCUT2D eigenvalue weighted by Crippen LogP contribution is -2.46. The van der Waals surface area contributed by atoms with Gasteiger partial charge in [-0.3, -0.25) is 14.5 Å². The number of ether oxygens (including phenoxy) is 1. The van der Waals surface area contributed by atoms with Crippen molar-refractivity contribution in [2.75, 3.05) is 57.4 Å². The predicted molar refractivity (Wildman–Crippen MR) is 203 cm³/mol. The highest BCUT2D eigenvalue weighted by molar-refractivity contribution is 7.89. The molecule has 0 bridgehead atoms. The van der Waals surface area contributed by atoms with E-state index in [9.17, 15) is 23.2 Å². The molecule has 2 saturated heterocycles. The number of ketones is 2. The Labute approximate surface area is 314 Å². The number of hydrogen-bond donors (Lipinski definition) is 0. The van der Waals surface area contributed by atoms with Crippen molar-refractivity contribution in [2.45, 2.75) is 37.8 Å². The summed E-state index contributed by atoms with van der Waals surface area (Å²) in [6.07, 6.45) is 1.27. The average molecular weight is 747 g/mol. The lowest BCUT2D eigenvalue weighted by Gasteiger charge is -2.36. The highest BCUT2D eigenvalue weighted by Gasteiger charge is 2.39. The van der Waals surface area contributed by atoms with E-state index in [0.29, 0.717) is 61.1 Å². The van der Waals surface area contributed by atoms with E-state index in [1.165, 1.54) is 14.6 Å². The Balaban J connectivity index is 0.901. The minimum Gasteiger partial charge on any atom is -0.571 e. The number of carbonyl (C=O) groups excluding carboxylic acids is 2. The SMILES string of the molecule is Cc1ccc(-c2ccc(S(=O)(=O)N3CCOCC3)cc2CN2CCN(c3ccc(CCCn4c5c(n[n+]4[O-])C(=O)c4ccccc4C5=O)cc3)CC2)cc1. The van der Waals surface area contributed by atoms with Gasteiger partial charge in [-0.2, -0.15) is 4.31 Å². The van der Waals surface area contributed by atoms with Crippen LogP contribution in [0.5, 0.6) is 0 Å². The summed E-state index contributed by atoms with van der Waals surface area (Å²) < 4.78 is 35.4. The Morgan fingerprint density at radius 3 is 2.19 bits per heavy atom. The largest absolute Gasteiger partial charge is 0.571 e. The van der Waals surface area contributed by atoms with Gasteiger partial charge in [0.1, 0.15) is 0 Å². The second-order valence-corrected chi connectivity index (χ2v) is 16.0. The zero-order valence-electron chi connectivity index (χ0n) is 30.2. The van der Waals surface area contributed by atoms with Gasteiger partial charge < -0.3 is 14.8 Å². The Morgan fingerprint density at radius 1 is 0.796 bits per heavy atom. The number of benzene rings is 4. The smallest absolute Gasteiger partial charge is 0.243 e.